The second kappa shape index (κ2) is 6.61. The number of ketones is 1. The third kappa shape index (κ3) is 3.16. The van der Waals surface area contributed by atoms with Gasteiger partial charge < -0.3 is 14.8 Å². The van der Waals surface area contributed by atoms with E-state index in [0.717, 1.165) is 15.2 Å². The Hall–Kier alpha value is -3.19. The molecule has 7 heteroatoms. The Morgan fingerprint density at radius 3 is 2.73 bits per heavy atom. The summed E-state index contributed by atoms with van der Waals surface area (Å²) in [4.78, 5) is 28.6. The average molecular weight is 366 g/mol. The molecule has 1 aliphatic heterocycles. The van der Waals surface area contributed by atoms with E-state index in [1.807, 2.05) is 24.3 Å². The number of hydrogen-bond donors (Lipinski definition) is 1. The lowest BCUT2D eigenvalue weighted by atomic mass is 10.1. The minimum atomic E-state index is -0.356. The van der Waals surface area contributed by atoms with Crippen LogP contribution in [0.2, 0.25) is 0 Å². The highest BCUT2D eigenvalue weighted by Gasteiger charge is 2.20. The van der Waals surface area contributed by atoms with Gasteiger partial charge in [0.25, 0.3) is 0 Å². The number of rotatable bonds is 4. The number of ether oxygens (including phenoxy) is 2. The van der Waals surface area contributed by atoms with Crippen LogP contribution in [-0.2, 0) is 4.79 Å². The van der Waals surface area contributed by atoms with Crippen molar-refractivity contribution in [3.8, 4) is 11.5 Å². The van der Waals surface area contributed by atoms with Crippen LogP contribution in [-0.4, -0.2) is 23.5 Å². The van der Waals surface area contributed by atoms with Gasteiger partial charge in [-0.25, -0.2) is 4.98 Å². The van der Waals surface area contributed by atoms with Crippen molar-refractivity contribution in [3.63, 3.8) is 0 Å². The van der Waals surface area contributed by atoms with Gasteiger partial charge in [-0.05, 0) is 31.2 Å². The standard InChI is InChI=1S/C19H14N2O4S/c1-11(22)12-8-15-16(25-10-24-15)9-14(12)20-18(23)6-7-19-21-13-4-2-3-5-17(13)26-19/h2-9H,10H2,1H3,(H,20,23)/b7-6+. The molecular formula is C19H14N2O4S. The smallest absolute Gasteiger partial charge is 0.248 e. The number of amides is 1. The zero-order valence-corrected chi connectivity index (χ0v) is 14.6. The van der Waals surface area contributed by atoms with Crippen LogP contribution in [0, 0.1) is 0 Å². The summed E-state index contributed by atoms with van der Waals surface area (Å²) < 4.78 is 11.6. The first-order chi connectivity index (χ1) is 12.6. The molecule has 1 N–H and O–H groups in total. The molecule has 2 aromatic carbocycles. The molecular weight excluding hydrogens is 352 g/mol. The van der Waals surface area contributed by atoms with Crippen molar-refractivity contribution in [2.45, 2.75) is 6.92 Å². The van der Waals surface area contributed by atoms with Crippen molar-refractivity contribution < 1.29 is 19.1 Å². The van der Waals surface area contributed by atoms with Gasteiger partial charge in [-0.2, -0.15) is 0 Å². The number of nitrogens with zero attached hydrogens (tertiary/aromatic N) is 1. The van der Waals surface area contributed by atoms with Crippen LogP contribution < -0.4 is 14.8 Å². The molecule has 6 nitrogen and oxygen atoms in total. The van der Waals surface area contributed by atoms with Crippen molar-refractivity contribution in [1.29, 1.82) is 0 Å². The first-order valence-corrected chi connectivity index (χ1v) is 8.71. The van der Waals surface area contributed by atoms with Crippen LogP contribution >= 0.6 is 11.3 Å². The van der Waals surface area contributed by atoms with Gasteiger partial charge in [0.05, 0.1) is 15.9 Å². The van der Waals surface area contributed by atoms with E-state index in [0.29, 0.717) is 22.7 Å². The van der Waals surface area contributed by atoms with Crippen molar-refractivity contribution in [1.82, 2.24) is 4.98 Å². The Bertz CT molecular complexity index is 1020. The number of fused-ring (bicyclic) bond motifs is 2. The molecule has 0 saturated carbocycles. The largest absolute Gasteiger partial charge is 0.454 e. The van der Waals surface area contributed by atoms with Crippen LogP contribution in [0.3, 0.4) is 0 Å². The lowest BCUT2D eigenvalue weighted by Gasteiger charge is -2.09. The van der Waals surface area contributed by atoms with Gasteiger partial charge in [-0.3, -0.25) is 9.59 Å². The predicted octanol–water partition coefficient (Wildman–Crippen LogP) is 3.88. The fourth-order valence-electron chi connectivity index (χ4n) is 2.62. The van der Waals surface area contributed by atoms with Crippen molar-refractivity contribution >= 4 is 45.0 Å². The molecule has 130 valence electrons. The number of nitrogens with one attached hydrogen (secondary N) is 1. The maximum Gasteiger partial charge on any atom is 0.248 e. The quantitative estimate of drug-likeness (QED) is 0.560. The summed E-state index contributed by atoms with van der Waals surface area (Å²) in [5.41, 5.74) is 1.66. The summed E-state index contributed by atoms with van der Waals surface area (Å²) in [5, 5.41) is 3.46. The number of hydrogen-bond acceptors (Lipinski definition) is 6. The lowest BCUT2D eigenvalue weighted by molar-refractivity contribution is -0.111. The fraction of sp³-hybridized carbons (Fsp3) is 0.105. The number of carbonyl (C=O) groups is 2. The topological polar surface area (TPSA) is 77.5 Å². The first kappa shape index (κ1) is 16.3. The molecule has 1 amide bonds. The summed E-state index contributed by atoms with van der Waals surface area (Å²) in [5.74, 6) is 0.470. The number of thiazole rings is 1. The Balaban J connectivity index is 1.55. The molecule has 0 saturated heterocycles. The summed E-state index contributed by atoms with van der Waals surface area (Å²) in [6.45, 7) is 1.53. The van der Waals surface area contributed by atoms with Gasteiger partial charge in [0.15, 0.2) is 17.3 Å². The second-order valence-corrected chi connectivity index (χ2v) is 6.71. The first-order valence-electron chi connectivity index (χ1n) is 7.89. The van der Waals surface area contributed by atoms with E-state index in [-0.39, 0.29) is 18.5 Å². The highest BCUT2D eigenvalue weighted by atomic mass is 32.1. The summed E-state index contributed by atoms with van der Waals surface area (Å²) in [7, 11) is 0. The highest BCUT2D eigenvalue weighted by Crippen LogP contribution is 2.37. The molecule has 0 aliphatic carbocycles. The number of carbonyl (C=O) groups excluding carboxylic acids is 2. The van der Waals surface area contributed by atoms with Crippen LogP contribution in [0.4, 0.5) is 5.69 Å². The lowest BCUT2D eigenvalue weighted by Crippen LogP contribution is -2.11. The van der Waals surface area contributed by atoms with E-state index < -0.39 is 0 Å². The van der Waals surface area contributed by atoms with Crippen LogP contribution in [0.25, 0.3) is 16.3 Å². The third-order valence-corrected chi connectivity index (χ3v) is 4.84. The van der Waals surface area contributed by atoms with Crippen LogP contribution in [0.1, 0.15) is 22.3 Å². The van der Waals surface area contributed by atoms with E-state index >= 15 is 0 Å². The Kier molecular flexibility index (Phi) is 4.14. The molecule has 2 heterocycles. The molecule has 0 bridgehead atoms. The maximum absolute atomic E-state index is 12.3. The fourth-order valence-corrected chi connectivity index (χ4v) is 3.49. The predicted molar refractivity (Wildman–Crippen MR) is 99.9 cm³/mol. The van der Waals surface area contributed by atoms with Gasteiger partial charge in [0.2, 0.25) is 12.7 Å². The maximum atomic E-state index is 12.3. The number of para-hydroxylation sites is 1. The number of benzene rings is 2. The van der Waals surface area contributed by atoms with Crippen molar-refractivity contribution in [3.05, 3.63) is 53.0 Å². The summed E-state index contributed by atoms with van der Waals surface area (Å²) in [6.07, 6.45) is 3.05. The minimum absolute atomic E-state index is 0.0988. The van der Waals surface area contributed by atoms with Crippen LogP contribution in [0.15, 0.2) is 42.5 Å². The van der Waals surface area contributed by atoms with Gasteiger partial charge >= 0.3 is 0 Å². The van der Waals surface area contributed by atoms with Crippen molar-refractivity contribution in [2.24, 2.45) is 0 Å². The number of anilines is 1. The van der Waals surface area contributed by atoms with Gasteiger partial charge in [-0.15, -0.1) is 11.3 Å². The van der Waals surface area contributed by atoms with E-state index in [1.54, 1.807) is 18.2 Å². The molecule has 1 aromatic heterocycles. The third-order valence-electron chi connectivity index (χ3n) is 3.84. The monoisotopic (exact) mass is 366 g/mol. The molecule has 0 unspecified atom stereocenters. The normalized spacial score (nSPS) is 12.7. The van der Waals surface area contributed by atoms with Crippen LogP contribution in [0.5, 0.6) is 11.5 Å². The number of aromatic nitrogens is 1. The van der Waals surface area contributed by atoms with Gasteiger partial charge in [0.1, 0.15) is 5.01 Å². The van der Waals surface area contributed by atoms with Gasteiger partial charge in [0, 0.05) is 17.7 Å². The molecule has 1 aliphatic rings. The van der Waals surface area contributed by atoms with Gasteiger partial charge in [-0.1, -0.05) is 12.1 Å². The molecule has 26 heavy (non-hydrogen) atoms. The molecule has 0 radical (unpaired) electrons. The van der Waals surface area contributed by atoms with E-state index in [4.69, 9.17) is 9.47 Å². The second-order valence-electron chi connectivity index (χ2n) is 5.65. The molecule has 0 spiro atoms. The minimum Gasteiger partial charge on any atom is -0.454 e. The molecule has 4 rings (SSSR count). The summed E-state index contributed by atoms with van der Waals surface area (Å²) >= 11 is 1.50. The Labute approximate surface area is 153 Å². The zero-order chi connectivity index (χ0) is 18.1. The van der Waals surface area contributed by atoms with Crippen molar-refractivity contribution in [2.75, 3.05) is 12.1 Å². The van der Waals surface area contributed by atoms with E-state index in [9.17, 15) is 9.59 Å². The number of Topliss-reactive ketones (excluding diaryl/α,β-unsaturated/α-hetero) is 1. The Morgan fingerprint density at radius 2 is 1.96 bits per heavy atom. The highest BCUT2D eigenvalue weighted by molar-refractivity contribution is 7.19. The zero-order valence-electron chi connectivity index (χ0n) is 13.8. The SMILES string of the molecule is CC(=O)c1cc2c(cc1NC(=O)/C=C/c1nc3ccccc3s1)OCO2. The molecule has 3 aromatic rings. The van der Waals surface area contributed by atoms with E-state index in [1.165, 1.54) is 24.3 Å². The average Bonchev–Trinajstić information content (AvgIpc) is 3.24. The molecule has 0 fully saturated rings. The molecule has 0 atom stereocenters. The Morgan fingerprint density at radius 1 is 1.19 bits per heavy atom. The van der Waals surface area contributed by atoms with E-state index in [2.05, 4.69) is 10.3 Å². The summed E-state index contributed by atoms with van der Waals surface area (Å²) in [6, 6.07) is 11.0.